The third kappa shape index (κ3) is 3.13. The Bertz CT molecular complexity index is 449. The number of carbonyl (C=O) groups excluding carboxylic acids is 1. The number of hydrogen-bond donors (Lipinski definition) is 1. The molecular weight excluding hydrogens is 220 g/mol. The third-order valence-corrected chi connectivity index (χ3v) is 2.39. The zero-order valence-electron chi connectivity index (χ0n) is 9.58. The van der Waals surface area contributed by atoms with Gasteiger partial charge in [-0.1, -0.05) is 0 Å². The Balaban J connectivity index is 1.79. The van der Waals surface area contributed by atoms with Gasteiger partial charge in [-0.05, 0) is 6.07 Å². The fourth-order valence-corrected chi connectivity index (χ4v) is 1.45. The van der Waals surface area contributed by atoms with Crippen molar-refractivity contribution in [1.29, 1.82) is 0 Å². The highest BCUT2D eigenvalue weighted by atomic mass is 16.2. The molecule has 0 saturated carbocycles. The van der Waals surface area contributed by atoms with Crippen LogP contribution in [0.25, 0.3) is 0 Å². The normalized spacial score (nSPS) is 10.4. The average molecular weight is 234 g/mol. The molecule has 2 aromatic rings. The van der Waals surface area contributed by atoms with Crippen LogP contribution in [0.3, 0.4) is 0 Å². The Morgan fingerprint density at radius 1 is 1.59 bits per heavy atom. The van der Waals surface area contributed by atoms with Crippen LogP contribution in [-0.4, -0.2) is 42.8 Å². The number of amides is 1. The maximum atomic E-state index is 11.8. The molecule has 90 valence electrons. The summed E-state index contributed by atoms with van der Waals surface area (Å²) in [5.41, 5.74) is 0. The van der Waals surface area contributed by atoms with Crippen molar-refractivity contribution in [1.82, 2.24) is 29.9 Å². The van der Waals surface area contributed by atoms with Crippen LogP contribution in [0, 0.1) is 0 Å². The fraction of sp³-hybridized carbons (Fsp3) is 0.400. The van der Waals surface area contributed by atoms with Gasteiger partial charge in [-0.15, -0.1) is 0 Å². The lowest BCUT2D eigenvalue weighted by molar-refractivity contribution is -0.130. The molecule has 2 heterocycles. The number of nitrogens with one attached hydrogen (secondary N) is 1. The Kier molecular flexibility index (Phi) is 3.49. The average Bonchev–Trinajstić information content (AvgIpc) is 2.98. The van der Waals surface area contributed by atoms with E-state index in [9.17, 15) is 4.79 Å². The molecule has 7 heteroatoms. The Hall–Kier alpha value is -2.18. The summed E-state index contributed by atoms with van der Waals surface area (Å²) in [6, 6.07) is 1.84. The molecule has 1 N–H and O–H groups in total. The lowest BCUT2D eigenvalue weighted by Crippen LogP contribution is -2.27. The van der Waals surface area contributed by atoms with E-state index in [0.717, 1.165) is 0 Å². The van der Waals surface area contributed by atoms with E-state index < -0.39 is 0 Å². The molecule has 0 aliphatic heterocycles. The molecule has 2 aromatic heterocycles. The first kappa shape index (κ1) is 11.3. The van der Waals surface area contributed by atoms with E-state index >= 15 is 0 Å². The van der Waals surface area contributed by atoms with Crippen LogP contribution in [0.4, 0.5) is 0 Å². The lowest BCUT2D eigenvalue weighted by Gasteiger charge is -2.15. The second-order valence-electron chi connectivity index (χ2n) is 3.70. The predicted octanol–water partition coefficient (Wildman–Crippen LogP) is 0.0499. The standard InChI is InChI=1S/C10H14N6O/c1-15(7-9-11-8-12-14-9)10(17)3-6-16-5-2-4-13-16/h2,4-5,8H,3,6-7H2,1H3,(H,11,12,14). The number of hydrogen-bond acceptors (Lipinski definition) is 4. The number of nitrogens with zero attached hydrogens (tertiary/aromatic N) is 5. The molecule has 0 aromatic carbocycles. The van der Waals surface area contributed by atoms with E-state index in [2.05, 4.69) is 20.3 Å². The first-order valence-corrected chi connectivity index (χ1v) is 5.31. The van der Waals surface area contributed by atoms with E-state index in [0.29, 0.717) is 25.3 Å². The Labute approximate surface area is 98.5 Å². The Morgan fingerprint density at radius 3 is 3.12 bits per heavy atom. The first-order valence-electron chi connectivity index (χ1n) is 5.31. The summed E-state index contributed by atoms with van der Waals surface area (Å²) >= 11 is 0. The van der Waals surface area contributed by atoms with Crippen molar-refractivity contribution in [3.05, 3.63) is 30.6 Å². The molecule has 0 aliphatic carbocycles. The van der Waals surface area contributed by atoms with E-state index in [-0.39, 0.29) is 5.91 Å². The highest BCUT2D eigenvalue weighted by Crippen LogP contribution is 1.99. The molecule has 0 radical (unpaired) electrons. The minimum atomic E-state index is 0.0527. The van der Waals surface area contributed by atoms with Crippen LogP contribution in [0.15, 0.2) is 24.8 Å². The van der Waals surface area contributed by atoms with Gasteiger partial charge in [0.05, 0.1) is 6.54 Å². The van der Waals surface area contributed by atoms with Gasteiger partial charge in [0.25, 0.3) is 0 Å². The van der Waals surface area contributed by atoms with Crippen molar-refractivity contribution in [3.8, 4) is 0 Å². The predicted molar refractivity (Wildman–Crippen MR) is 59.7 cm³/mol. The summed E-state index contributed by atoms with van der Waals surface area (Å²) in [6.07, 6.45) is 5.39. The molecule has 0 unspecified atom stereocenters. The van der Waals surface area contributed by atoms with Crippen LogP contribution in [0.1, 0.15) is 12.2 Å². The number of H-pyrrole nitrogens is 1. The summed E-state index contributed by atoms with van der Waals surface area (Å²) in [5, 5.41) is 10.5. The van der Waals surface area contributed by atoms with Crippen LogP contribution >= 0.6 is 0 Å². The molecule has 0 spiro atoms. The van der Waals surface area contributed by atoms with Gasteiger partial charge in [-0.25, -0.2) is 4.98 Å². The zero-order valence-corrected chi connectivity index (χ0v) is 9.58. The largest absolute Gasteiger partial charge is 0.338 e. The summed E-state index contributed by atoms with van der Waals surface area (Å²) in [5.74, 6) is 0.733. The fourth-order valence-electron chi connectivity index (χ4n) is 1.45. The molecule has 0 atom stereocenters. The van der Waals surface area contributed by atoms with Crippen LogP contribution in [-0.2, 0) is 17.9 Å². The minimum Gasteiger partial charge on any atom is -0.338 e. The second kappa shape index (κ2) is 5.24. The van der Waals surface area contributed by atoms with Gasteiger partial charge in [0.1, 0.15) is 12.2 Å². The first-order chi connectivity index (χ1) is 8.25. The highest BCUT2D eigenvalue weighted by molar-refractivity contribution is 5.75. The molecule has 7 nitrogen and oxygen atoms in total. The molecule has 2 rings (SSSR count). The van der Waals surface area contributed by atoms with Gasteiger partial charge in [-0.2, -0.15) is 10.2 Å². The van der Waals surface area contributed by atoms with Crippen LogP contribution in [0.5, 0.6) is 0 Å². The number of aromatic amines is 1. The van der Waals surface area contributed by atoms with Crippen molar-refractivity contribution in [2.45, 2.75) is 19.5 Å². The van der Waals surface area contributed by atoms with Gasteiger partial charge in [0, 0.05) is 32.4 Å². The summed E-state index contributed by atoms with van der Waals surface area (Å²) in [4.78, 5) is 17.4. The van der Waals surface area contributed by atoms with E-state index in [1.165, 1.54) is 6.33 Å². The van der Waals surface area contributed by atoms with Crippen molar-refractivity contribution < 1.29 is 4.79 Å². The van der Waals surface area contributed by atoms with E-state index in [1.54, 1.807) is 22.8 Å². The van der Waals surface area contributed by atoms with E-state index in [1.807, 2.05) is 12.3 Å². The summed E-state index contributed by atoms with van der Waals surface area (Å²) in [6.45, 7) is 1.03. The van der Waals surface area contributed by atoms with Gasteiger partial charge < -0.3 is 4.90 Å². The van der Waals surface area contributed by atoms with Gasteiger partial charge >= 0.3 is 0 Å². The van der Waals surface area contributed by atoms with E-state index in [4.69, 9.17) is 0 Å². The summed E-state index contributed by atoms with van der Waals surface area (Å²) < 4.78 is 1.74. The van der Waals surface area contributed by atoms with Crippen molar-refractivity contribution in [2.75, 3.05) is 7.05 Å². The van der Waals surface area contributed by atoms with Crippen molar-refractivity contribution in [3.63, 3.8) is 0 Å². The van der Waals surface area contributed by atoms with Gasteiger partial charge in [-0.3, -0.25) is 14.6 Å². The second-order valence-corrected chi connectivity index (χ2v) is 3.70. The minimum absolute atomic E-state index is 0.0527. The lowest BCUT2D eigenvalue weighted by atomic mass is 10.3. The van der Waals surface area contributed by atoms with Gasteiger partial charge in [0.2, 0.25) is 5.91 Å². The highest BCUT2D eigenvalue weighted by Gasteiger charge is 2.10. The maximum absolute atomic E-state index is 11.8. The van der Waals surface area contributed by atoms with Crippen molar-refractivity contribution in [2.24, 2.45) is 0 Å². The molecule has 1 amide bonds. The number of rotatable bonds is 5. The monoisotopic (exact) mass is 234 g/mol. The zero-order chi connectivity index (χ0) is 12.1. The third-order valence-electron chi connectivity index (χ3n) is 2.39. The Morgan fingerprint density at radius 2 is 2.47 bits per heavy atom. The molecule has 0 fully saturated rings. The van der Waals surface area contributed by atoms with Crippen LogP contribution < -0.4 is 0 Å². The molecular formula is C10H14N6O. The van der Waals surface area contributed by atoms with Crippen molar-refractivity contribution >= 4 is 5.91 Å². The maximum Gasteiger partial charge on any atom is 0.224 e. The SMILES string of the molecule is CN(Cc1ncn[nH]1)C(=O)CCn1cccn1. The number of carbonyl (C=O) groups is 1. The van der Waals surface area contributed by atoms with Gasteiger partial charge in [0.15, 0.2) is 0 Å². The topological polar surface area (TPSA) is 79.7 Å². The molecule has 0 bridgehead atoms. The quantitative estimate of drug-likeness (QED) is 0.792. The molecule has 0 saturated heterocycles. The number of aromatic nitrogens is 5. The smallest absolute Gasteiger partial charge is 0.224 e. The molecule has 17 heavy (non-hydrogen) atoms. The molecule has 0 aliphatic rings. The number of aryl methyl sites for hydroxylation is 1. The van der Waals surface area contributed by atoms with Crippen LogP contribution in [0.2, 0.25) is 0 Å². The summed E-state index contributed by atoms with van der Waals surface area (Å²) in [7, 11) is 1.74.